The number of anilines is 1. The van der Waals surface area contributed by atoms with Crippen LogP contribution in [0.15, 0.2) is 48.1 Å². The number of hydrogen-bond donors (Lipinski definition) is 3. The van der Waals surface area contributed by atoms with Gasteiger partial charge in [-0.25, -0.2) is 19.5 Å². The molecule has 17 heteroatoms. The van der Waals surface area contributed by atoms with Gasteiger partial charge in [-0.1, -0.05) is 23.3 Å². The van der Waals surface area contributed by atoms with E-state index in [0.29, 0.717) is 5.52 Å². The highest BCUT2D eigenvalue weighted by atomic mass is 31.2. The SMILES string of the molecule is CC(C)OC(=O)[C@H](C)NP(=O)(OC[C@H]1O[C@@H](n2cnc3c(N)ncnc32)[C@H](N=[N+]=[N-])[C@@H]1O)Oc1ccccc1. The van der Waals surface area contributed by atoms with Gasteiger partial charge in [0, 0.05) is 4.91 Å². The minimum Gasteiger partial charge on any atom is -0.462 e. The third-order valence-electron chi connectivity index (χ3n) is 5.62. The quantitative estimate of drug-likeness (QED) is 0.101. The van der Waals surface area contributed by atoms with E-state index in [0.717, 1.165) is 0 Å². The second-order valence-corrected chi connectivity index (χ2v) is 10.6. The molecule has 1 aromatic carbocycles. The highest BCUT2D eigenvalue weighted by Gasteiger charge is 2.46. The molecule has 0 amide bonds. The number of fused-ring (bicyclic) bond motifs is 1. The number of esters is 1. The van der Waals surface area contributed by atoms with Crippen LogP contribution in [-0.2, 0) is 23.4 Å². The van der Waals surface area contributed by atoms with E-state index in [-0.39, 0.29) is 17.2 Å². The van der Waals surface area contributed by atoms with E-state index in [1.54, 1.807) is 44.2 Å². The highest BCUT2D eigenvalue weighted by Crippen LogP contribution is 2.46. The highest BCUT2D eigenvalue weighted by molar-refractivity contribution is 7.52. The number of azide groups is 1. The maximum Gasteiger partial charge on any atom is 0.459 e. The van der Waals surface area contributed by atoms with Gasteiger partial charge in [0.1, 0.15) is 42.0 Å². The van der Waals surface area contributed by atoms with E-state index in [1.807, 2.05) is 0 Å². The Morgan fingerprint density at radius 2 is 2.05 bits per heavy atom. The Labute approximate surface area is 222 Å². The Balaban J connectivity index is 1.55. The zero-order valence-electron chi connectivity index (χ0n) is 21.3. The first-order valence-electron chi connectivity index (χ1n) is 11.9. The molecule has 3 heterocycles. The second kappa shape index (κ2) is 11.9. The minimum absolute atomic E-state index is 0.132. The molecule has 0 aliphatic carbocycles. The minimum atomic E-state index is -4.24. The van der Waals surface area contributed by atoms with Crippen LogP contribution in [0.1, 0.15) is 27.0 Å². The van der Waals surface area contributed by atoms with Gasteiger partial charge in [0.05, 0.1) is 25.1 Å². The number of aromatic nitrogens is 4. The summed E-state index contributed by atoms with van der Waals surface area (Å²) in [6, 6.07) is 6.00. The summed E-state index contributed by atoms with van der Waals surface area (Å²) in [5.41, 5.74) is 15.6. The van der Waals surface area contributed by atoms with Crippen LogP contribution in [0.4, 0.5) is 5.82 Å². The lowest BCUT2D eigenvalue weighted by Crippen LogP contribution is -2.37. The first kappa shape index (κ1) is 28.2. The molecule has 1 fully saturated rings. The number of rotatable bonds is 11. The van der Waals surface area contributed by atoms with E-state index >= 15 is 0 Å². The number of aliphatic hydroxyl groups excluding tert-OH is 1. The monoisotopic (exact) mass is 561 g/mol. The number of imidazole rings is 1. The molecule has 1 aliphatic rings. The summed E-state index contributed by atoms with van der Waals surface area (Å²) in [6.07, 6.45) is -1.35. The number of carbonyl (C=O) groups excluding carboxylic acids is 1. The fourth-order valence-electron chi connectivity index (χ4n) is 3.84. The van der Waals surface area contributed by atoms with Gasteiger partial charge in [0.15, 0.2) is 11.5 Å². The third-order valence-corrected chi connectivity index (χ3v) is 7.26. The number of carbonyl (C=O) groups is 1. The number of ether oxygens (including phenoxy) is 2. The lowest BCUT2D eigenvalue weighted by atomic mass is 10.1. The van der Waals surface area contributed by atoms with Gasteiger partial charge in [-0.15, -0.1) is 0 Å². The van der Waals surface area contributed by atoms with Crippen molar-refractivity contribution >= 4 is 30.7 Å². The van der Waals surface area contributed by atoms with Crippen molar-refractivity contribution in [2.75, 3.05) is 12.3 Å². The molecule has 1 aliphatic heterocycles. The molecule has 208 valence electrons. The summed E-state index contributed by atoms with van der Waals surface area (Å²) in [5.74, 6) is -0.329. The summed E-state index contributed by atoms with van der Waals surface area (Å²) < 4.78 is 37.6. The van der Waals surface area contributed by atoms with Crippen molar-refractivity contribution < 1.29 is 33.0 Å². The largest absolute Gasteiger partial charge is 0.462 e. The number of hydrogen-bond acceptors (Lipinski definition) is 12. The summed E-state index contributed by atoms with van der Waals surface area (Å²) in [4.78, 5) is 27.4. The fraction of sp³-hybridized carbons (Fsp3) is 0.455. The molecule has 6 atom stereocenters. The van der Waals surface area contributed by atoms with Gasteiger partial charge in [-0.2, -0.15) is 5.09 Å². The smallest absolute Gasteiger partial charge is 0.459 e. The van der Waals surface area contributed by atoms with Crippen LogP contribution in [0.25, 0.3) is 21.6 Å². The molecule has 1 saturated heterocycles. The number of nitrogens with two attached hydrogens (primary N) is 1. The third kappa shape index (κ3) is 6.45. The molecule has 4 N–H and O–H groups in total. The summed E-state index contributed by atoms with van der Waals surface area (Å²) in [7, 11) is -4.24. The number of para-hydroxylation sites is 1. The Bertz CT molecular complexity index is 1400. The van der Waals surface area contributed by atoms with Gasteiger partial charge < -0.3 is 24.8 Å². The Kier molecular flexibility index (Phi) is 8.65. The molecule has 39 heavy (non-hydrogen) atoms. The average Bonchev–Trinajstić information content (AvgIpc) is 3.45. The van der Waals surface area contributed by atoms with Crippen molar-refractivity contribution in [3.8, 4) is 5.75 Å². The second-order valence-electron chi connectivity index (χ2n) is 8.87. The van der Waals surface area contributed by atoms with Gasteiger partial charge in [0.2, 0.25) is 0 Å². The predicted molar refractivity (Wildman–Crippen MR) is 137 cm³/mol. The normalized spacial score (nSPS) is 23.2. The summed E-state index contributed by atoms with van der Waals surface area (Å²) in [6.45, 7) is 4.34. The van der Waals surface area contributed by atoms with Gasteiger partial charge in [0.25, 0.3) is 0 Å². The number of nitrogen functional groups attached to an aromatic ring is 1. The number of benzene rings is 1. The Morgan fingerprint density at radius 1 is 1.31 bits per heavy atom. The molecule has 1 unspecified atom stereocenters. The Hall–Kier alpha value is -3.78. The molecule has 3 aromatic rings. The van der Waals surface area contributed by atoms with Crippen molar-refractivity contribution in [2.45, 2.75) is 57.4 Å². The fourth-order valence-corrected chi connectivity index (χ4v) is 5.35. The molecule has 0 saturated carbocycles. The van der Waals surface area contributed by atoms with Gasteiger partial charge >= 0.3 is 13.7 Å². The molecule has 16 nitrogen and oxygen atoms in total. The van der Waals surface area contributed by atoms with Crippen molar-refractivity contribution in [1.82, 2.24) is 24.6 Å². The lowest BCUT2D eigenvalue weighted by molar-refractivity contribution is -0.149. The molecule has 0 radical (unpaired) electrons. The summed E-state index contributed by atoms with van der Waals surface area (Å²) in [5, 5.41) is 17.2. The summed E-state index contributed by atoms with van der Waals surface area (Å²) >= 11 is 0. The molecule has 0 spiro atoms. The van der Waals surface area contributed by atoms with Crippen LogP contribution >= 0.6 is 7.75 Å². The van der Waals surface area contributed by atoms with Crippen molar-refractivity contribution in [2.24, 2.45) is 5.11 Å². The topological polar surface area (TPSA) is 222 Å². The maximum atomic E-state index is 13.7. The standard InChI is InChI=1S/C22H28N9O7P/c1-12(2)36-22(33)13(3)29-39(34,38-14-7-5-4-6-8-14)35-9-15-18(32)16(28-30-24)21(37-15)31-11-27-17-19(23)25-10-26-20(17)31/h4-8,10-13,15-16,18,21,32H,9H2,1-3H3,(H,29,34)(H2,23,25,26)/t13-,15+,16+,18+,21+,39?/m0/s1. The van der Waals surface area contributed by atoms with Crippen LogP contribution < -0.4 is 15.3 Å². The van der Waals surface area contributed by atoms with Crippen molar-refractivity contribution in [1.29, 1.82) is 0 Å². The molecule has 2 aromatic heterocycles. The zero-order valence-corrected chi connectivity index (χ0v) is 22.2. The van der Waals surface area contributed by atoms with Crippen LogP contribution in [0.5, 0.6) is 5.75 Å². The molecule has 4 rings (SSSR count). The van der Waals surface area contributed by atoms with E-state index in [1.165, 1.54) is 24.1 Å². The van der Waals surface area contributed by atoms with Crippen LogP contribution in [-0.4, -0.2) is 67.6 Å². The average molecular weight is 561 g/mol. The van der Waals surface area contributed by atoms with E-state index in [9.17, 15) is 14.5 Å². The predicted octanol–water partition coefficient (Wildman–Crippen LogP) is 2.48. The number of nitrogens with one attached hydrogen (secondary N) is 1. The van der Waals surface area contributed by atoms with Crippen LogP contribution in [0.3, 0.4) is 0 Å². The molecular weight excluding hydrogens is 533 g/mol. The van der Waals surface area contributed by atoms with Crippen LogP contribution in [0.2, 0.25) is 0 Å². The van der Waals surface area contributed by atoms with Gasteiger partial charge in [-0.05, 0) is 38.4 Å². The number of aliphatic hydroxyl groups is 1. The first-order chi connectivity index (χ1) is 18.6. The maximum absolute atomic E-state index is 13.7. The van der Waals surface area contributed by atoms with Gasteiger partial charge in [-0.3, -0.25) is 13.9 Å². The van der Waals surface area contributed by atoms with E-state index in [4.69, 9.17) is 29.8 Å². The van der Waals surface area contributed by atoms with E-state index in [2.05, 4.69) is 30.1 Å². The molecule has 0 bridgehead atoms. The number of nitrogens with zero attached hydrogens (tertiary/aromatic N) is 7. The van der Waals surface area contributed by atoms with E-state index < -0.39 is 56.9 Å². The van der Waals surface area contributed by atoms with Crippen molar-refractivity contribution in [3.05, 3.63) is 53.4 Å². The van der Waals surface area contributed by atoms with Crippen LogP contribution in [0, 0.1) is 0 Å². The lowest BCUT2D eigenvalue weighted by Gasteiger charge is -2.25. The van der Waals surface area contributed by atoms with Crippen molar-refractivity contribution in [3.63, 3.8) is 0 Å². The first-order valence-corrected chi connectivity index (χ1v) is 13.4. The molecular formula is C22H28N9O7P. The Morgan fingerprint density at radius 3 is 2.74 bits per heavy atom. The zero-order chi connectivity index (χ0) is 28.2.